The number of carboxylic acids is 1. The van der Waals surface area contributed by atoms with Gasteiger partial charge < -0.3 is 10.4 Å². The quantitative estimate of drug-likeness (QED) is 0.835. The highest BCUT2D eigenvalue weighted by atomic mass is 16.4. The van der Waals surface area contributed by atoms with Gasteiger partial charge in [-0.1, -0.05) is 12.1 Å². The van der Waals surface area contributed by atoms with Crippen molar-refractivity contribution in [1.29, 1.82) is 0 Å². The number of benzene rings is 1. The van der Waals surface area contributed by atoms with Crippen molar-refractivity contribution >= 4 is 23.6 Å². The molecule has 1 aromatic carbocycles. The summed E-state index contributed by atoms with van der Waals surface area (Å²) in [5.41, 5.74) is 1.88. The van der Waals surface area contributed by atoms with Crippen molar-refractivity contribution in [3.05, 3.63) is 66.0 Å². The van der Waals surface area contributed by atoms with Gasteiger partial charge in [-0.05, 0) is 35.9 Å². The van der Waals surface area contributed by atoms with Crippen LogP contribution in [0.4, 0.5) is 5.69 Å². The summed E-state index contributed by atoms with van der Waals surface area (Å²) in [5.74, 6) is -1.24. The van der Waals surface area contributed by atoms with Crippen LogP contribution in [0.5, 0.6) is 0 Å². The zero-order valence-electron chi connectivity index (χ0n) is 10.5. The first kappa shape index (κ1) is 13.5. The smallest absolute Gasteiger partial charge is 0.328 e. The third-order valence-corrected chi connectivity index (χ3v) is 2.53. The molecule has 0 saturated heterocycles. The molecule has 0 radical (unpaired) electrons. The minimum absolute atomic E-state index is 0.232. The minimum atomic E-state index is -1.01. The monoisotopic (exact) mass is 268 g/mol. The number of aliphatic carboxylic acids is 1. The van der Waals surface area contributed by atoms with E-state index in [1.165, 1.54) is 6.08 Å². The molecular weight excluding hydrogens is 256 g/mol. The van der Waals surface area contributed by atoms with Crippen molar-refractivity contribution in [2.24, 2.45) is 0 Å². The molecule has 5 heteroatoms. The fourth-order valence-corrected chi connectivity index (χ4v) is 1.55. The molecule has 5 nitrogen and oxygen atoms in total. The third-order valence-electron chi connectivity index (χ3n) is 2.53. The fourth-order valence-electron chi connectivity index (χ4n) is 1.55. The maximum absolute atomic E-state index is 11.9. The zero-order valence-corrected chi connectivity index (χ0v) is 10.5. The molecule has 100 valence electrons. The Morgan fingerprint density at radius 1 is 1.05 bits per heavy atom. The number of nitrogens with zero attached hydrogens (tertiary/aromatic N) is 1. The summed E-state index contributed by atoms with van der Waals surface area (Å²) >= 11 is 0. The predicted octanol–water partition coefficient (Wildman–Crippen LogP) is 2.43. The molecule has 0 unspecified atom stereocenters. The lowest BCUT2D eigenvalue weighted by Crippen LogP contribution is -2.11. The average Bonchev–Trinajstić information content (AvgIpc) is 2.46. The maximum atomic E-state index is 11.9. The van der Waals surface area contributed by atoms with Gasteiger partial charge in [0.25, 0.3) is 5.91 Å². The summed E-state index contributed by atoms with van der Waals surface area (Å²) in [6.45, 7) is 0. The van der Waals surface area contributed by atoms with Crippen molar-refractivity contribution in [3.63, 3.8) is 0 Å². The first-order valence-electron chi connectivity index (χ1n) is 5.87. The summed E-state index contributed by atoms with van der Waals surface area (Å²) in [7, 11) is 0. The van der Waals surface area contributed by atoms with Gasteiger partial charge in [0.2, 0.25) is 0 Å². The van der Waals surface area contributed by atoms with Crippen LogP contribution in [0.3, 0.4) is 0 Å². The molecule has 0 atom stereocenters. The standard InChI is InChI=1S/C15H12N2O3/c18-14(19)6-3-11-1-4-12(5-2-11)15(20)17-13-7-9-16-10-8-13/h1-10H,(H,18,19)(H,16,17,20)/b6-3+. The highest BCUT2D eigenvalue weighted by Crippen LogP contribution is 2.10. The molecule has 0 fully saturated rings. The van der Waals surface area contributed by atoms with Gasteiger partial charge in [0, 0.05) is 29.7 Å². The number of hydrogen-bond acceptors (Lipinski definition) is 3. The number of amides is 1. The van der Waals surface area contributed by atoms with Crippen LogP contribution in [0.25, 0.3) is 6.08 Å². The minimum Gasteiger partial charge on any atom is -0.478 e. The highest BCUT2D eigenvalue weighted by Gasteiger charge is 2.05. The Morgan fingerprint density at radius 2 is 1.70 bits per heavy atom. The van der Waals surface area contributed by atoms with Crippen molar-refractivity contribution in [3.8, 4) is 0 Å². The van der Waals surface area contributed by atoms with Gasteiger partial charge in [-0.15, -0.1) is 0 Å². The van der Waals surface area contributed by atoms with Gasteiger partial charge in [0.05, 0.1) is 0 Å². The lowest BCUT2D eigenvalue weighted by molar-refractivity contribution is -0.131. The molecule has 2 rings (SSSR count). The third kappa shape index (κ3) is 3.78. The number of rotatable bonds is 4. The van der Waals surface area contributed by atoms with Crippen molar-refractivity contribution in [2.75, 3.05) is 5.32 Å². The Labute approximate surface area is 115 Å². The Morgan fingerprint density at radius 3 is 2.30 bits per heavy atom. The molecule has 0 spiro atoms. The summed E-state index contributed by atoms with van der Waals surface area (Å²) in [6, 6.07) is 10.0. The van der Waals surface area contributed by atoms with E-state index in [1.807, 2.05) is 0 Å². The van der Waals surface area contributed by atoms with E-state index in [9.17, 15) is 9.59 Å². The van der Waals surface area contributed by atoms with Gasteiger partial charge in [0.1, 0.15) is 0 Å². The van der Waals surface area contributed by atoms with Crippen molar-refractivity contribution < 1.29 is 14.7 Å². The molecule has 0 aliphatic carbocycles. The molecule has 2 aromatic rings. The molecule has 1 amide bonds. The lowest BCUT2D eigenvalue weighted by atomic mass is 10.1. The summed E-state index contributed by atoms with van der Waals surface area (Å²) in [5, 5.41) is 11.3. The Bertz CT molecular complexity index is 634. The molecule has 0 bridgehead atoms. The first-order chi connectivity index (χ1) is 9.65. The maximum Gasteiger partial charge on any atom is 0.328 e. The number of carbonyl (C=O) groups excluding carboxylic acids is 1. The Hall–Kier alpha value is -2.95. The van der Waals surface area contributed by atoms with Crippen LogP contribution in [-0.4, -0.2) is 22.0 Å². The van der Waals surface area contributed by atoms with Gasteiger partial charge in [-0.3, -0.25) is 9.78 Å². The van der Waals surface area contributed by atoms with Crippen LogP contribution in [0.15, 0.2) is 54.9 Å². The topological polar surface area (TPSA) is 79.3 Å². The number of pyridine rings is 1. The summed E-state index contributed by atoms with van der Waals surface area (Å²) in [6.07, 6.45) is 5.70. The van der Waals surface area contributed by atoms with E-state index in [2.05, 4.69) is 10.3 Å². The van der Waals surface area contributed by atoms with Crippen LogP contribution in [-0.2, 0) is 4.79 Å². The van der Waals surface area contributed by atoms with Gasteiger partial charge in [0.15, 0.2) is 0 Å². The summed E-state index contributed by atoms with van der Waals surface area (Å²) in [4.78, 5) is 26.2. The molecule has 2 N–H and O–H groups in total. The van der Waals surface area contributed by atoms with E-state index in [0.717, 1.165) is 6.08 Å². The Kier molecular flexibility index (Phi) is 4.24. The van der Waals surface area contributed by atoms with E-state index in [0.29, 0.717) is 16.8 Å². The normalized spacial score (nSPS) is 10.4. The van der Waals surface area contributed by atoms with Crippen LogP contribution in [0.2, 0.25) is 0 Å². The van der Waals surface area contributed by atoms with Crippen molar-refractivity contribution in [2.45, 2.75) is 0 Å². The average molecular weight is 268 g/mol. The van der Waals surface area contributed by atoms with Crippen LogP contribution in [0, 0.1) is 0 Å². The highest BCUT2D eigenvalue weighted by molar-refractivity contribution is 6.04. The predicted molar refractivity (Wildman–Crippen MR) is 75.3 cm³/mol. The van der Waals surface area contributed by atoms with E-state index < -0.39 is 5.97 Å². The molecule has 0 saturated carbocycles. The Balaban J connectivity index is 2.06. The number of anilines is 1. The van der Waals surface area contributed by atoms with E-state index in [-0.39, 0.29) is 5.91 Å². The molecule has 1 heterocycles. The van der Waals surface area contributed by atoms with Crippen LogP contribution in [0.1, 0.15) is 15.9 Å². The van der Waals surface area contributed by atoms with Crippen molar-refractivity contribution in [1.82, 2.24) is 4.98 Å². The van der Waals surface area contributed by atoms with E-state index in [1.54, 1.807) is 48.8 Å². The number of aromatic nitrogens is 1. The number of hydrogen-bond donors (Lipinski definition) is 2. The lowest BCUT2D eigenvalue weighted by Gasteiger charge is -2.04. The fraction of sp³-hybridized carbons (Fsp3) is 0. The van der Waals surface area contributed by atoms with Gasteiger partial charge in [-0.2, -0.15) is 0 Å². The first-order valence-corrected chi connectivity index (χ1v) is 5.87. The molecule has 0 aliphatic heterocycles. The van der Waals surface area contributed by atoms with E-state index in [4.69, 9.17) is 5.11 Å². The summed E-state index contributed by atoms with van der Waals surface area (Å²) < 4.78 is 0. The van der Waals surface area contributed by atoms with Crippen LogP contribution < -0.4 is 5.32 Å². The largest absolute Gasteiger partial charge is 0.478 e. The SMILES string of the molecule is O=C(O)/C=C/c1ccc(C(=O)Nc2ccncc2)cc1. The number of carbonyl (C=O) groups is 2. The molecule has 1 aromatic heterocycles. The van der Waals surface area contributed by atoms with Gasteiger partial charge in [-0.25, -0.2) is 4.79 Å². The second-order valence-electron chi connectivity index (χ2n) is 3.98. The van der Waals surface area contributed by atoms with E-state index >= 15 is 0 Å². The molecule has 0 aliphatic rings. The number of nitrogens with one attached hydrogen (secondary N) is 1. The molecular formula is C15H12N2O3. The van der Waals surface area contributed by atoms with Crippen LogP contribution >= 0.6 is 0 Å². The molecule has 20 heavy (non-hydrogen) atoms. The number of carboxylic acid groups (broad SMARTS) is 1. The second-order valence-corrected chi connectivity index (χ2v) is 3.98. The van der Waals surface area contributed by atoms with Gasteiger partial charge >= 0.3 is 5.97 Å². The second kappa shape index (κ2) is 6.29. The zero-order chi connectivity index (χ0) is 14.4.